The monoisotopic (exact) mass is 310 g/mol. The zero-order valence-electron chi connectivity index (χ0n) is 13.4. The number of hydrogen-bond acceptors (Lipinski definition) is 5. The number of nitriles is 1. The van der Waals surface area contributed by atoms with Crippen molar-refractivity contribution in [2.45, 2.75) is 32.1 Å². The number of amides is 1. The maximum atomic E-state index is 11.7. The molecule has 124 valence electrons. The Balaban J connectivity index is 3.85. The molecule has 0 saturated heterocycles. The van der Waals surface area contributed by atoms with Crippen LogP contribution in [0.5, 0.6) is 0 Å². The molecule has 0 aliphatic carbocycles. The second kappa shape index (κ2) is 12.7. The number of nitrogens with one attached hydrogen (secondary N) is 2. The molecule has 0 aromatic heterocycles. The van der Waals surface area contributed by atoms with Crippen LogP contribution < -0.4 is 10.6 Å². The predicted octanol–water partition coefficient (Wildman–Crippen LogP) is 0.696. The van der Waals surface area contributed by atoms with Gasteiger partial charge in [0.25, 0.3) is 5.91 Å². The number of nitrogens with zero attached hydrogens (tertiary/aromatic N) is 2. The van der Waals surface area contributed by atoms with E-state index in [1.807, 2.05) is 20.2 Å². The van der Waals surface area contributed by atoms with Gasteiger partial charge in [-0.1, -0.05) is 6.42 Å². The summed E-state index contributed by atoms with van der Waals surface area (Å²) < 4.78 is 0. The van der Waals surface area contributed by atoms with Gasteiger partial charge in [-0.05, 0) is 39.9 Å². The average molecular weight is 310 g/mol. The number of hydrogen-bond donors (Lipinski definition) is 3. The van der Waals surface area contributed by atoms with E-state index in [2.05, 4.69) is 15.5 Å². The molecule has 3 N–H and O–H groups in total. The standard InChI is InChI=1S/C15H26N4O3/c1-19(2)10-6-8-17-12-13(11-16)15(22)18-9-5-3-4-7-14(20)21/h12,17H,3-10H2,1-2H3,(H,18,22)(H,20,21)/b13-12-. The van der Waals surface area contributed by atoms with E-state index < -0.39 is 11.9 Å². The lowest BCUT2D eigenvalue weighted by Gasteiger charge is -2.09. The second-order valence-electron chi connectivity index (χ2n) is 5.24. The van der Waals surface area contributed by atoms with E-state index in [1.165, 1.54) is 6.20 Å². The quantitative estimate of drug-likeness (QED) is 0.278. The third-order valence-corrected chi connectivity index (χ3v) is 2.89. The highest BCUT2D eigenvalue weighted by Crippen LogP contribution is 1.99. The van der Waals surface area contributed by atoms with E-state index in [0.717, 1.165) is 19.4 Å². The minimum Gasteiger partial charge on any atom is -0.481 e. The number of carboxylic acid groups (broad SMARTS) is 1. The average Bonchev–Trinajstić information content (AvgIpc) is 2.45. The second-order valence-corrected chi connectivity index (χ2v) is 5.24. The van der Waals surface area contributed by atoms with E-state index in [1.54, 1.807) is 0 Å². The van der Waals surface area contributed by atoms with Crippen molar-refractivity contribution in [3.8, 4) is 6.07 Å². The fourth-order valence-electron chi connectivity index (χ4n) is 1.70. The van der Waals surface area contributed by atoms with Gasteiger partial charge in [0.1, 0.15) is 11.6 Å². The maximum Gasteiger partial charge on any atom is 0.303 e. The molecule has 0 aliphatic heterocycles. The Bertz CT molecular complexity index is 414. The number of aliphatic carboxylic acids is 1. The van der Waals surface area contributed by atoms with Crippen LogP contribution in [-0.4, -0.2) is 55.6 Å². The summed E-state index contributed by atoms with van der Waals surface area (Å²) in [5.74, 6) is -1.21. The Morgan fingerprint density at radius 3 is 2.50 bits per heavy atom. The summed E-state index contributed by atoms with van der Waals surface area (Å²) in [5, 5.41) is 23.1. The minimum absolute atomic E-state index is 0.0513. The Labute approximate surface area is 132 Å². The third-order valence-electron chi connectivity index (χ3n) is 2.89. The van der Waals surface area contributed by atoms with Crippen molar-refractivity contribution in [3.05, 3.63) is 11.8 Å². The van der Waals surface area contributed by atoms with Gasteiger partial charge in [0.15, 0.2) is 0 Å². The first-order valence-corrected chi connectivity index (χ1v) is 7.45. The Kier molecular flexibility index (Phi) is 11.5. The molecule has 0 aromatic carbocycles. The summed E-state index contributed by atoms with van der Waals surface area (Å²) in [6.45, 7) is 2.08. The first-order chi connectivity index (χ1) is 10.5. The van der Waals surface area contributed by atoms with Crippen LogP contribution in [0, 0.1) is 11.3 Å². The first-order valence-electron chi connectivity index (χ1n) is 7.45. The van der Waals surface area contributed by atoms with E-state index in [0.29, 0.717) is 25.9 Å². The maximum absolute atomic E-state index is 11.7. The number of rotatable bonds is 12. The zero-order valence-corrected chi connectivity index (χ0v) is 13.4. The molecule has 0 atom stereocenters. The normalized spacial score (nSPS) is 11.1. The fraction of sp³-hybridized carbons (Fsp3) is 0.667. The summed E-state index contributed by atoms with van der Waals surface area (Å²) >= 11 is 0. The van der Waals surface area contributed by atoms with Gasteiger partial charge in [0.2, 0.25) is 0 Å². The highest BCUT2D eigenvalue weighted by Gasteiger charge is 2.07. The number of carboxylic acids is 1. The van der Waals surface area contributed by atoms with Crippen molar-refractivity contribution in [1.82, 2.24) is 15.5 Å². The van der Waals surface area contributed by atoms with Crippen LogP contribution >= 0.6 is 0 Å². The molecule has 0 rings (SSSR count). The van der Waals surface area contributed by atoms with Crippen molar-refractivity contribution >= 4 is 11.9 Å². The van der Waals surface area contributed by atoms with Gasteiger partial charge >= 0.3 is 5.97 Å². The third kappa shape index (κ3) is 11.7. The lowest BCUT2D eigenvalue weighted by molar-refractivity contribution is -0.137. The van der Waals surface area contributed by atoms with Gasteiger partial charge in [-0.2, -0.15) is 5.26 Å². The van der Waals surface area contributed by atoms with Gasteiger partial charge in [-0.15, -0.1) is 0 Å². The van der Waals surface area contributed by atoms with E-state index in [9.17, 15) is 9.59 Å². The molecular weight excluding hydrogens is 284 g/mol. The molecule has 0 heterocycles. The number of unbranched alkanes of at least 4 members (excludes halogenated alkanes) is 2. The fourth-order valence-corrected chi connectivity index (χ4v) is 1.70. The minimum atomic E-state index is -0.806. The van der Waals surface area contributed by atoms with E-state index in [4.69, 9.17) is 10.4 Å². The van der Waals surface area contributed by atoms with Crippen LogP contribution in [0.15, 0.2) is 11.8 Å². The molecule has 1 amide bonds. The summed E-state index contributed by atoms with van der Waals surface area (Å²) in [5.41, 5.74) is 0.0513. The smallest absolute Gasteiger partial charge is 0.303 e. The number of carbonyl (C=O) groups is 2. The van der Waals surface area contributed by atoms with Gasteiger partial charge in [0, 0.05) is 25.7 Å². The molecule has 7 heteroatoms. The summed E-state index contributed by atoms with van der Waals surface area (Å²) in [4.78, 5) is 24.1. The first kappa shape index (κ1) is 19.9. The van der Waals surface area contributed by atoms with Crippen molar-refractivity contribution in [3.63, 3.8) is 0 Å². The van der Waals surface area contributed by atoms with Gasteiger partial charge < -0.3 is 20.6 Å². The molecule has 0 spiro atoms. The molecule has 0 aromatic rings. The lowest BCUT2D eigenvalue weighted by atomic mass is 10.2. The summed E-state index contributed by atoms with van der Waals surface area (Å²) in [6, 6.07) is 1.87. The summed E-state index contributed by atoms with van der Waals surface area (Å²) in [7, 11) is 3.97. The van der Waals surface area contributed by atoms with Crippen molar-refractivity contribution in [2.24, 2.45) is 0 Å². The van der Waals surface area contributed by atoms with Crippen LogP contribution in [0.1, 0.15) is 32.1 Å². The Morgan fingerprint density at radius 2 is 1.91 bits per heavy atom. The van der Waals surface area contributed by atoms with Crippen LogP contribution in [0.3, 0.4) is 0 Å². The van der Waals surface area contributed by atoms with Crippen LogP contribution in [-0.2, 0) is 9.59 Å². The zero-order chi connectivity index (χ0) is 16.8. The van der Waals surface area contributed by atoms with Gasteiger partial charge in [-0.3, -0.25) is 9.59 Å². The van der Waals surface area contributed by atoms with Crippen LogP contribution in [0.4, 0.5) is 0 Å². The van der Waals surface area contributed by atoms with Crippen LogP contribution in [0.2, 0.25) is 0 Å². The topological polar surface area (TPSA) is 105 Å². The lowest BCUT2D eigenvalue weighted by Crippen LogP contribution is -2.27. The SMILES string of the molecule is CN(C)CCCN/C=C(/C#N)C(=O)NCCCCCC(=O)O. The van der Waals surface area contributed by atoms with Crippen molar-refractivity contribution in [2.75, 3.05) is 33.7 Å². The molecule has 0 radical (unpaired) electrons. The largest absolute Gasteiger partial charge is 0.481 e. The Hall–Kier alpha value is -2.07. The van der Waals surface area contributed by atoms with Gasteiger partial charge in [0.05, 0.1) is 0 Å². The Morgan fingerprint density at radius 1 is 1.18 bits per heavy atom. The molecule has 0 fully saturated rings. The molecular formula is C15H26N4O3. The highest BCUT2D eigenvalue weighted by atomic mass is 16.4. The number of carbonyl (C=O) groups excluding carboxylic acids is 1. The van der Waals surface area contributed by atoms with Crippen LogP contribution in [0.25, 0.3) is 0 Å². The molecule has 22 heavy (non-hydrogen) atoms. The molecule has 0 aliphatic rings. The van der Waals surface area contributed by atoms with Crippen molar-refractivity contribution < 1.29 is 14.7 Å². The molecule has 0 unspecified atom stereocenters. The van der Waals surface area contributed by atoms with Gasteiger partial charge in [-0.25, -0.2) is 0 Å². The highest BCUT2D eigenvalue weighted by molar-refractivity contribution is 5.97. The predicted molar refractivity (Wildman–Crippen MR) is 84.0 cm³/mol. The summed E-state index contributed by atoms with van der Waals surface area (Å²) in [6.07, 6.45) is 4.55. The molecule has 0 saturated carbocycles. The molecule has 0 bridgehead atoms. The van der Waals surface area contributed by atoms with E-state index >= 15 is 0 Å². The van der Waals surface area contributed by atoms with E-state index in [-0.39, 0.29) is 12.0 Å². The van der Waals surface area contributed by atoms with Crippen molar-refractivity contribution in [1.29, 1.82) is 5.26 Å². The molecule has 7 nitrogen and oxygen atoms in total.